The molecule has 2 unspecified atom stereocenters. The largest absolute Gasteiger partial charge is 0.487 e. The van der Waals surface area contributed by atoms with Gasteiger partial charge in [0.05, 0.1) is 17.0 Å². The number of carboxylic acid groups (broad SMARTS) is 1. The van der Waals surface area contributed by atoms with Gasteiger partial charge < -0.3 is 9.84 Å². The molecule has 2 fully saturated rings. The van der Waals surface area contributed by atoms with Gasteiger partial charge in [0.15, 0.2) is 0 Å². The van der Waals surface area contributed by atoms with Crippen LogP contribution in [-0.2, 0) is 30.1 Å². The van der Waals surface area contributed by atoms with Crippen LogP contribution >= 0.6 is 0 Å². The number of ether oxygens (including phenoxy) is 1. The lowest BCUT2D eigenvalue weighted by Crippen LogP contribution is -2.40. The monoisotopic (exact) mass is 569 g/mol. The fourth-order valence-electron chi connectivity index (χ4n) is 6.46. The normalized spacial score (nSPS) is 23.7. The maximum absolute atomic E-state index is 13.6. The van der Waals surface area contributed by atoms with E-state index in [1.807, 2.05) is 18.2 Å². The molecular formula is C30H33F6NO3. The zero-order valence-electron chi connectivity index (χ0n) is 22.2. The van der Waals surface area contributed by atoms with E-state index in [1.54, 1.807) is 11.8 Å². The Balaban J connectivity index is 1.33. The molecule has 2 aromatic carbocycles. The summed E-state index contributed by atoms with van der Waals surface area (Å²) in [5.41, 5.74) is -1.03. The molecule has 40 heavy (non-hydrogen) atoms. The Bertz CT molecular complexity index is 1250. The van der Waals surface area contributed by atoms with Gasteiger partial charge in [0.1, 0.15) is 11.4 Å². The van der Waals surface area contributed by atoms with Crippen molar-refractivity contribution in [2.24, 2.45) is 11.8 Å². The fourth-order valence-corrected chi connectivity index (χ4v) is 6.46. The Kier molecular flexibility index (Phi) is 7.61. The minimum absolute atomic E-state index is 0.0933. The van der Waals surface area contributed by atoms with Crippen LogP contribution in [0.15, 0.2) is 36.4 Å². The molecule has 0 amide bonds. The van der Waals surface area contributed by atoms with E-state index in [1.165, 1.54) is 0 Å². The van der Waals surface area contributed by atoms with E-state index in [9.17, 15) is 36.2 Å². The van der Waals surface area contributed by atoms with Crippen LogP contribution in [0, 0.1) is 11.8 Å². The van der Waals surface area contributed by atoms with Gasteiger partial charge >= 0.3 is 18.3 Å². The number of hydrogen-bond acceptors (Lipinski definition) is 3. The fraction of sp³-hybridized carbons (Fsp3) is 0.567. The van der Waals surface area contributed by atoms with Crippen molar-refractivity contribution in [3.05, 3.63) is 64.2 Å². The summed E-state index contributed by atoms with van der Waals surface area (Å²) in [4.78, 5) is 13.6. The van der Waals surface area contributed by atoms with Gasteiger partial charge in [0, 0.05) is 13.1 Å². The molecule has 2 heterocycles. The molecule has 4 nitrogen and oxygen atoms in total. The van der Waals surface area contributed by atoms with Crippen LogP contribution in [0.4, 0.5) is 26.3 Å². The van der Waals surface area contributed by atoms with Crippen LogP contribution in [0.3, 0.4) is 0 Å². The van der Waals surface area contributed by atoms with Gasteiger partial charge in [-0.1, -0.05) is 19.1 Å². The number of carboxylic acids is 1. The molecule has 1 aliphatic carbocycles. The Morgan fingerprint density at radius 1 is 1.02 bits per heavy atom. The lowest BCUT2D eigenvalue weighted by atomic mass is 9.81. The smallest absolute Gasteiger partial charge is 0.416 e. The minimum atomic E-state index is -4.75. The molecule has 1 N–H and O–H groups in total. The van der Waals surface area contributed by atoms with Crippen molar-refractivity contribution in [2.75, 3.05) is 13.1 Å². The summed E-state index contributed by atoms with van der Waals surface area (Å²) in [6.45, 7) is 2.35. The van der Waals surface area contributed by atoms with Crippen molar-refractivity contribution in [3.8, 4) is 5.75 Å². The van der Waals surface area contributed by atoms with Crippen molar-refractivity contribution in [1.82, 2.24) is 4.90 Å². The van der Waals surface area contributed by atoms with E-state index in [0.29, 0.717) is 56.5 Å². The van der Waals surface area contributed by atoms with Gasteiger partial charge in [0.2, 0.25) is 0 Å². The molecule has 1 saturated heterocycles. The summed E-state index contributed by atoms with van der Waals surface area (Å²) in [5, 5.41) is 9.65. The highest BCUT2D eigenvalue weighted by Gasteiger charge is 2.42. The highest BCUT2D eigenvalue weighted by molar-refractivity contribution is 5.71. The second-order valence-electron chi connectivity index (χ2n) is 11.6. The molecule has 0 bridgehead atoms. The zero-order chi connectivity index (χ0) is 28.9. The number of aliphatic carboxylic acids is 1. The number of hydrogen-bond donors (Lipinski definition) is 1. The first-order valence-corrected chi connectivity index (χ1v) is 13.8. The topological polar surface area (TPSA) is 49.8 Å². The summed E-state index contributed by atoms with van der Waals surface area (Å²) in [6.07, 6.45) is -4.12. The predicted octanol–water partition coefficient (Wildman–Crippen LogP) is 7.69. The van der Waals surface area contributed by atoms with E-state index in [0.717, 1.165) is 42.6 Å². The van der Waals surface area contributed by atoms with Gasteiger partial charge in [-0.25, -0.2) is 0 Å². The Morgan fingerprint density at radius 3 is 2.42 bits per heavy atom. The predicted molar refractivity (Wildman–Crippen MR) is 136 cm³/mol. The SMILES string of the molecule is C[C@H](C(=O)O)C(c1ccc2c(c1)OC1(CCCN(Cc3cc(C(F)(F)F)ccc3C(F)(F)F)CC1)CC2)C1CC1. The lowest BCUT2D eigenvalue weighted by Gasteiger charge is -2.39. The molecule has 1 spiro atoms. The molecule has 218 valence electrons. The number of halogens is 6. The van der Waals surface area contributed by atoms with Crippen molar-refractivity contribution >= 4 is 5.97 Å². The van der Waals surface area contributed by atoms with Gasteiger partial charge in [-0.2, -0.15) is 26.3 Å². The van der Waals surface area contributed by atoms with E-state index >= 15 is 0 Å². The first-order chi connectivity index (χ1) is 18.8. The highest BCUT2D eigenvalue weighted by atomic mass is 19.4. The van der Waals surface area contributed by atoms with Gasteiger partial charge in [-0.05, 0) is 104 Å². The number of nitrogens with zero attached hydrogens (tertiary/aromatic N) is 1. The maximum Gasteiger partial charge on any atom is 0.416 e. The second-order valence-corrected chi connectivity index (χ2v) is 11.6. The zero-order valence-corrected chi connectivity index (χ0v) is 22.2. The number of likely N-dealkylation sites (tertiary alicyclic amines) is 1. The van der Waals surface area contributed by atoms with Crippen molar-refractivity contribution in [1.29, 1.82) is 0 Å². The summed E-state index contributed by atoms with van der Waals surface area (Å²) < 4.78 is 87.3. The Hall–Kier alpha value is -2.75. The highest BCUT2D eigenvalue weighted by Crippen LogP contribution is 2.49. The number of carbonyl (C=O) groups is 1. The number of aryl methyl sites for hydroxylation is 1. The summed E-state index contributed by atoms with van der Waals surface area (Å²) in [6, 6.07) is 7.61. The molecular weight excluding hydrogens is 536 g/mol. The van der Waals surface area contributed by atoms with Crippen LogP contribution in [0.25, 0.3) is 0 Å². The lowest BCUT2D eigenvalue weighted by molar-refractivity contribution is -0.142. The first kappa shape index (κ1) is 28.8. The van der Waals surface area contributed by atoms with Gasteiger partial charge in [-0.3, -0.25) is 9.69 Å². The molecule has 0 radical (unpaired) electrons. The van der Waals surface area contributed by atoms with Crippen LogP contribution < -0.4 is 4.74 Å². The van der Waals surface area contributed by atoms with E-state index in [-0.39, 0.29) is 18.0 Å². The molecule has 1 saturated carbocycles. The average molecular weight is 570 g/mol. The number of benzene rings is 2. The molecule has 2 aliphatic heterocycles. The second kappa shape index (κ2) is 10.6. The van der Waals surface area contributed by atoms with Crippen molar-refractivity contribution < 1.29 is 41.0 Å². The van der Waals surface area contributed by atoms with Crippen molar-refractivity contribution in [3.63, 3.8) is 0 Å². The van der Waals surface area contributed by atoms with E-state index < -0.39 is 41.0 Å². The van der Waals surface area contributed by atoms with Crippen LogP contribution in [0.1, 0.15) is 79.2 Å². The average Bonchev–Trinajstić information content (AvgIpc) is 3.72. The number of rotatable bonds is 6. The quantitative estimate of drug-likeness (QED) is 0.363. The molecule has 3 atom stereocenters. The number of fused-ring (bicyclic) bond motifs is 1. The van der Waals surface area contributed by atoms with E-state index in [4.69, 9.17) is 4.74 Å². The Labute approximate surface area is 229 Å². The minimum Gasteiger partial charge on any atom is -0.487 e. The molecule has 0 aromatic heterocycles. The molecule has 5 rings (SSSR count). The molecule has 10 heteroatoms. The summed E-state index contributed by atoms with van der Waals surface area (Å²) in [5.74, 6) is -0.371. The molecule has 3 aliphatic rings. The Morgan fingerprint density at radius 2 is 1.77 bits per heavy atom. The first-order valence-electron chi connectivity index (χ1n) is 13.8. The maximum atomic E-state index is 13.6. The number of alkyl halides is 6. The standard InChI is InChI=1S/C30H33F6NO3/c1-18(27(38)39)26(20-4-5-20)21-6-3-19-9-11-28(40-25(19)16-21)10-2-13-37(14-12-28)17-22-15-23(29(31,32)33)7-8-24(22)30(34,35)36/h3,6-8,15-16,18,20,26H,2,4-5,9-14,17H2,1H3,(H,38,39)/t18-,26?,28?/m0/s1. The third-order valence-corrected chi connectivity index (χ3v) is 8.83. The van der Waals surface area contributed by atoms with Crippen LogP contribution in [0.2, 0.25) is 0 Å². The summed E-state index contributed by atoms with van der Waals surface area (Å²) in [7, 11) is 0. The summed E-state index contributed by atoms with van der Waals surface area (Å²) >= 11 is 0. The van der Waals surface area contributed by atoms with Crippen molar-refractivity contribution in [2.45, 2.75) is 82.3 Å². The van der Waals surface area contributed by atoms with E-state index in [2.05, 4.69) is 0 Å². The van der Waals surface area contributed by atoms with Gasteiger partial charge in [0.25, 0.3) is 0 Å². The molecule has 2 aromatic rings. The third kappa shape index (κ3) is 6.11. The van der Waals surface area contributed by atoms with Gasteiger partial charge in [-0.15, -0.1) is 0 Å². The van der Waals surface area contributed by atoms with Crippen LogP contribution in [-0.4, -0.2) is 34.7 Å². The van der Waals surface area contributed by atoms with Crippen LogP contribution in [0.5, 0.6) is 5.75 Å². The third-order valence-electron chi connectivity index (χ3n) is 8.83.